The predicted molar refractivity (Wildman–Crippen MR) is 152 cm³/mol. The van der Waals surface area contributed by atoms with Crippen LogP contribution < -0.4 is 0 Å². The number of carboxylic acid groups (broad SMARTS) is 2. The van der Waals surface area contributed by atoms with Gasteiger partial charge in [-0.15, -0.1) is 0 Å². The van der Waals surface area contributed by atoms with Crippen LogP contribution in [0.3, 0.4) is 0 Å². The maximum atomic E-state index is 11.3. The van der Waals surface area contributed by atoms with E-state index in [1.807, 2.05) is 13.0 Å². The number of carbonyl (C=O) groups is 2. The Bertz CT molecular complexity index is 1090. The van der Waals surface area contributed by atoms with Crippen LogP contribution in [0.4, 0.5) is 0 Å². The first kappa shape index (κ1) is 33.5. The van der Waals surface area contributed by atoms with Crippen LogP contribution in [0.25, 0.3) is 0 Å². The average molecular weight is 591 g/mol. The summed E-state index contributed by atoms with van der Waals surface area (Å²) >= 11 is 0. The van der Waals surface area contributed by atoms with Gasteiger partial charge >= 0.3 is 11.9 Å². The average Bonchev–Trinajstić information content (AvgIpc) is 2.98. The molecule has 1 aliphatic heterocycles. The van der Waals surface area contributed by atoms with Gasteiger partial charge in [0.15, 0.2) is 0 Å². The lowest BCUT2D eigenvalue weighted by atomic mass is 10.3. The van der Waals surface area contributed by atoms with Gasteiger partial charge in [0.05, 0.1) is 64.2 Å². The van der Waals surface area contributed by atoms with E-state index in [1.165, 1.54) is 12.1 Å². The summed E-state index contributed by atoms with van der Waals surface area (Å²) in [6, 6.07) is 9.95. The summed E-state index contributed by atoms with van der Waals surface area (Å²) in [6.07, 6.45) is -0.263. The van der Waals surface area contributed by atoms with Crippen molar-refractivity contribution in [3.05, 3.63) is 59.2 Å². The number of aromatic nitrogens is 2. The Hall–Kier alpha value is -3.04. The van der Waals surface area contributed by atoms with Crippen molar-refractivity contribution in [3.8, 4) is 0 Å². The van der Waals surface area contributed by atoms with Gasteiger partial charge in [-0.1, -0.05) is 12.1 Å². The highest BCUT2D eigenvalue weighted by molar-refractivity contribution is 5.85. The zero-order chi connectivity index (χ0) is 30.0. The van der Waals surface area contributed by atoms with Crippen LogP contribution in [-0.4, -0.2) is 134 Å². The van der Waals surface area contributed by atoms with Gasteiger partial charge in [0.2, 0.25) is 0 Å². The van der Waals surface area contributed by atoms with Crippen LogP contribution in [0.15, 0.2) is 36.4 Å². The third-order valence-electron chi connectivity index (χ3n) is 6.42. The Labute approximate surface area is 246 Å². The van der Waals surface area contributed by atoms with Crippen molar-refractivity contribution in [1.82, 2.24) is 19.8 Å². The molecule has 1 aliphatic rings. The molecule has 232 valence electrons. The largest absolute Gasteiger partial charge is 0.477 e. The number of aromatic carboxylic acids is 2. The lowest BCUT2D eigenvalue weighted by molar-refractivity contribution is -0.0668. The zero-order valence-corrected chi connectivity index (χ0v) is 24.2. The van der Waals surface area contributed by atoms with Crippen LogP contribution in [0.1, 0.15) is 39.3 Å². The van der Waals surface area contributed by atoms with Crippen LogP contribution in [0, 0.1) is 0 Å². The summed E-state index contributed by atoms with van der Waals surface area (Å²) in [5.41, 5.74) is 1.34. The molecule has 13 nitrogen and oxygen atoms in total. The van der Waals surface area contributed by atoms with Gasteiger partial charge < -0.3 is 33.9 Å². The van der Waals surface area contributed by atoms with Gasteiger partial charge in [0, 0.05) is 45.9 Å². The van der Waals surface area contributed by atoms with Gasteiger partial charge in [0.1, 0.15) is 17.5 Å². The van der Waals surface area contributed by atoms with Crippen LogP contribution in [0.5, 0.6) is 0 Å². The lowest BCUT2D eigenvalue weighted by Gasteiger charge is -2.25. The second kappa shape index (κ2) is 19.2. The summed E-state index contributed by atoms with van der Waals surface area (Å²) in [5, 5.41) is 18.6. The molecule has 3 rings (SSSR count). The van der Waals surface area contributed by atoms with Crippen LogP contribution in [-0.2, 0) is 36.8 Å². The minimum Gasteiger partial charge on any atom is -0.477 e. The highest BCUT2D eigenvalue weighted by Crippen LogP contribution is 2.07. The van der Waals surface area contributed by atoms with Crippen molar-refractivity contribution < 1.29 is 43.5 Å². The first-order valence-electron chi connectivity index (χ1n) is 14.2. The number of carboxylic acids is 2. The molecule has 0 aliphatic carbocycles. The molecule has 0 radical (unpaired) electrons. The van der Waals surface area contributed by atoms with Gasteiger partial charge in [-0.25, -0.2) is 19.6 Å². The van der Waals surface area contributed by atoms with Gasteiger partial charge in [-0.05, 0) is 31.2 Å². The van der Waals surface area contributed by atoms with E-state index in [9.17, 15) is 19.8 Å². The van der Waals surface area contributed by atoms with Crippen molar-refractivity contribution in [2.45, 2.75) is 26.1 Å². The standard InChI is InChI=1S/C29H42N4O9/c1-2-38-21-25-22-41-15-11-32(19-23-5-3-7-26(30-23)28(34)35)9-13-39-17-18-40-14-10-33(12-16-42-25)20-24-6-4-8-27(31-24)29(36)37/h3-8,25H,2,9-22H2,1H3,(H,34,35)(H,36,37)/t25-/m1/s1. The molecule has 2 N–H and O–H groups in total. The van der Waals surface area contributed by atoms with E-state index >= 15 is 0 Å². The molecule has 0 amide bonds. The third kappa shape index (κ3) is 12.9. The summed E-state index contributed by atoms with van der Waals surface area (Å²) in [7, 11) is 0. The summed E-state index contributed by atoms with van der Waals surface area (Å²) in [5.74, 6) is -2.12. The van der Waals surface area contributed by atoms with Gasteiger partial charge in [-0.2, -0.15) is 0 Å². The molecule has 0 saturated carbocycles. The molecular weight excluding hydrogens is 548 g/mol. The Morgan fingerprint density at radius 1 is 0.786 bits per heavy atom. The Morgan fingerprint density at radius 2 is 1.29 bits per heavy atom. The van der Waals surface area contributed by atoms with E-state index in [2.05, 4.69) is 19.8 Å². The molecule has 0 aromatic carbocycles. The summed E-state index contributed by atoms with van der Waals surface area (Å²) in [4.78, 5) is 35.4. The predicted octanol–water partition coefficient (Wildman–Crippen LogP) is 1.66. The highest BCUT2D eigenvalue weighted by atomic mass is 16.6. The van der Waals surface area contributed by atoms with Crippen molar-refractivity contribution in [2.24, 2.45) is 0 Å². The molecule has 2 aromatic rings. The number of ether oxygens (including phenoxy) is 5. The van der Waals surface area contributed by atoms with Crippen molar-refractivity contribution in [3.63, 3.8) is 0 Å². The van der Waals surface area contributed by atoms with E-state index in [0.29, 0.717) is 110 Å². The highest BCUT2D eigenvalue weighted by Gasteiger charge is 2.15. The third-order valence-corrected chi connectivity index (χ3v) is 6.42. The Kier molecular flexibility index (Phi) is 15.3. The number of hydrogen-bond acceptors (Lipinski definition) is 11. The fourth-order valence-corrected chi connectivity index (χ4v) is 4.23. The van der Waals surface area contributed by atoms with E-state index in [-0.39, 0.29) is 17.5 Å². The Balaban J connectivity index is 1.59. The molecule has 1 saturated heterocycles. The number of pyridine rings is 2. The minimum absolute atomic E-state index is 0.0103. The van der Waals surface area contributed by atoms with Crippen LogP contribution in [0.2, 0.25) is 0 Å². The molecule has 0 bridgehead atoms. The molecular formula is C29H42N4O9. The lowest BCUT2D eigenvalue weighted by Crippen LogP contribution is -2.35. The second-order valence-electron chi connectivity index (χ2n) is 9.64. The molecule has 13 heteroatoms. The van der Waals surface area contributed by atoms with Crippen molar-refractivity contribution in [1.29, 1.82) is 0 Å². The van der Waals surface area contributed by atoms with E-state index in [0.717, 1.165) is 0 Å². The summed E-state index contributed by atoms with van der Waals surface area (Å²) < 4.78 is 29.3. The zero-order valence-electron chi connectivity index (χ0n) is 24.2. The SMILES string of the molecule is CCOC[C@@H]1COCCN(Cc2cccc(C(=O)O)n2)CCOCCOCCN(Cc2cccc(C(=O)O)n2)CCO1. The van der Waals surface area contributed by atoms with Crippen molar-refractivity contribution in [2.75, 3.05) is 85.6 Å². The normalized spacial score (nSPS) is 19.5. The minimum atomic E-state index is -1.06. The van der Waals surface area contributed by atoms with Crippen molar-refractivity contribution >= 4 is 11.9 Å². The number of hydrogen-bond donors (Lipinski definition) is 2. The monoisotopic (exact) mass is 590 g/mol. The number of nitrogens with zero attached hydrogens (tertiary/aromatic N) is 4. The van der Waals surface area contributed by atoms with Gasteiger partial charge in [0.25, 0.3) is 0 Å². The first-order chi connectivity index (χ1) is 20.4. The van der Waals surface area contributed by atoms with E-state index in [1.54, 1.807) is 18.2 Å². The molecule has 42 heavy (non-hydrogen) atoms. The van der Waals surface area contributed by atoms with Gasteiger partial charge in [-0.3, -0.25) is 9.80 Å². The fourth-order valence-electron chi connectivity index (χ4n) is 4.23. The Morgan fingerprint density at radius 3 is 1.79 bits per heavy atom. The molecule has 1 atom stereocenters. The second-order valence-corrected chi connectivity index (χ2v) is 9.64. The molecule has 3 heterocycles. The summed E-state index contributed by atoms with van der Waals surface area (Å²) in [6.45, 7) is 9.18. The maximum Gasteiger partial charge on any atom is 0.354 e. The quantitative estimate of drug-likeness (QED) is 0.436. The van der Waals surface area contributed by atoms with Crippen LogP contribution >= 0.6 is 0 Å². The van der Waals surface area contributed by atoms with E-state index in [4.69, 9.17) is 23.7 Å². The number of rotatable bonds is 9. The maximum absolute atomic E-state index is 11.3. The molecule has 2 aromatic heterocycles. The topological polar surface area (TPSA) is 153 Å². The fraction of sp³-hybridized carbons (Fsp3) is 0.586. The molecule has 0 unspecified atom stereocenters. The first-order valence-corrected chi connectivity index (χ1v) is 14.2. The smallest absolute Gasteiger partial charge is 0.354 e. The molecule has 0 spiro atoms. The molecule has 1 fully saturated rings. The van der Waals surface area contributed by atoms with E-state index < -0.39 is 11.9 Å².